The Balaban J connectivity index is 2.29. The smallest absolute Gasteiger partial charge is 0.340 e. The molecule has 1 aromatic heterocycles. The summed E-state index contributed by atoms with van der Waals surface area (Å²) in [4.78, 5) is 28.3. The largest absolute Gasteiger partial charge is 0.497 e. The van der Waals surface area contributed by atoms with E-state index in [-0.39, 0.29) is 12.0 Å². The van der Waals surface area contributed by atoms with Crippen molar-refractivity contribution in [2.24, 2.45) is 0 Å². The molecule has 0 saturated heterocycles. The summed E-state index contributed by atoms with van der Waals surface area (Å²) < 4.78 is 16.3. The molecule has 7 nitrogen and oxygen atoms in total. The molecule has 0 saturated carbocycles. The molecule has 1 aromatic carbocycles. The van der Waals surface area contributed by atoms with Gasteiger partial charge in [-0.05, 0) is 51.8 Å². The fourth-order valence-electron chi connectivity index (χ4n) is 2.93. The first-order valence-corrected chi connectivity index (χ1v) is 9.80. The van der Waals surface area contributed by atoms with Gasteiger partial charge in [-0.3, -0.25) is 4.79 Å². The topological polar surface area (TPSA) is 89.7 Å². The highest BCUT2D eigenvalue weighted by Crippen LogP contribution is 2.30. The number of rotatable bonds is 9. The Hall–Kier alpha value is -2.96. The summed E-state index contributed by atoms with van der Waals surface area (Å²) in [5.41, 5.74) is 2.32. The first kappa shape index (κ1) is 22.3. The first-order valence-electron chi connectivity index (χ1n) is 9.80. The van der Waals surface area contributed by atoms with E-state index in [1.807, 2.05) is 0 Å². The summed E-state index contributed by atoms with van der Waals surface area (Å²) in [6.45, 7) is 9.67. The second kappa shape index (κ2) is 10.0. The van der Waals surface area contributed by atoms with Crippen molar-refractivity contribution < 1.29 is 23.8 Å². The van der Waals surface area contributed by atoms with Gasteiger partial charge in [0.05, 0.1) is 31.1 Å². The summed E-state index contributed by atoms with van der Waals surface area (Å²) in [5.74, 6) is 0.342. The molecule has 2 N–H and O–H groups in total. The Bertz CT molecular complexity index is 870. The van der Waals surface area contributed by atoms with Crippen LogP contribution in [0, 0.1) is 13.8 Å². The van der Waals surface area contributed by atoms with Crippen LogP contribution in [-0.2, 0) is 4.74 Å². The maximum Gasteiger partial charge on any atom is 0.340 e. The second-order valence-corrected chi connectivity index (χ2v) is 7.10. The van der Waals surface area contributed by atoms with Gasteiger partial charge in [0.25, 0.3) is 5.91 Å². The van der Waals surface area contributed by atoms with Crippen molar-refractivity contribution in [2.45, 2.75) is 53.6 Å². The molecule has 158 valence electrons. The van der Waals surface area contributed by atoms with Crippen molar-refractivity contribution >= 4 is 17.6 Å². The first-order chi connectivity index (χ1) is 13.8. The molecule has 1 heterocycles. The van der Waals surface area contributed by atoms with Gasteiger partial charge in [0.2, 0.25) is 0 Å². The highest BCUT2D eigenvalue weighted by Gasteiger charge is 2.24. The molecule has 0 radical (unpaired) electrons. The lowest BCUT2D eigenvalue weighted by Gasteiger charge is -2.14. The Morgan fingerprint density at radius 2 is 1.93 bits per heavy atom. The number of ether oxygens (including phenoxy) is 3. The number of anilines is 1. The van der Waals surface area contributed by atoms with Crippen LogP contribution < -0.4 is 14.8 Å². The standard InChI is InChI=1S/C22H30N2O5/c1-7-8-11-28-18-10-9-16(27-6)12-17(18)24-21(25)20-14(4)19(15(5)23-20)22(26)29-13(2)3/h9-10,12-13,23H,7-8,11H2,1-6H3,(H,24,25). The van der Waals surface area contributed by atoms with E-state index in [1.165, 1.54) is 0 Å². The fourth-order valence-corrected chi connectivity index (χ4v) is 2.93. The number of hydrogen-bond donors (Lipinski definition) is 2. The minimum Gasteiger partial charge on any atom is -0.497 e. The molecule has 29 heavy (non-hydrogen) atoms. The number of hydrogen-bond acceptors (Lipinski definition) is 5. The van der Waals surface area contributed by atoms with E-state index in [0.717, 1.165) is 12.8 Å². The van der Waals surface area contributed by atoms with Gasteiger partial charge >= 0.3 is 5.97 Å². The number of benzene rings is 1. The summed E-state index contributed by atoms with van der Waals surface area (Å²) >= 11 is 0. The zero-order chi connectivity index (χ0) is 21.6. The van der Waals surface area contributed by atoms with Gasteiger partial charge < -0.3 is 24.5 Å². The Kier molecular flexibility index (Phi) is 7.70. The number of carbonyl (C=O) groups excluding carboxylic acids is 2. The highest BCUT2D eigenvalue weighted by atomic mass is 16.5. The molecule has 0 spiro atoms. The van der Waals surface area contributed by atoms with Crippen LogP contribution in [0.1, 0.15) is 65.7 Å². The number of aryl methyl sites for hydroxylation is 1. The summed E-state index contributed by atoms with van der Waals surface area (Å²) in [5, 5.41) is 2.86. The van der Waals surface area contributed by atoms with Crippen LogP contribution in [0.3, 0.4) is 0 Å². The van der Waals surface area contributed by atoms with Crippen LogP contribution in [-0.4, -0.2) is 36.7 Å². The van der Waals surface area contributed by atoms with Crippen molar-refractivity contribution in [3.63, 3.8) is 0 Å². The van der Waals surface area contributed by atoms with Gasteiger partial charge in [-0.25, -0.2) is 4.79 Å². The van der Waals surface area contributed by atoms with Crippen LogP contribution >= 0.6 is 0 Å². The maximum atomic E-state index is 12.9. The normalized spacial score (nSPS) is 10.7. The van der Waals surface area contributed by atoms with Crippen LogP contribution in [0.2, 0.25) is 0 Å². The van der Waals surface area contributed by atoms with E-state index in [4.69, 9.17) is 14.2 Å². The van der Waals surface area contributed by atoms with E-state index in [0.29, 0.717) is 46.3 Å². The zero-order valence-corrected chi connectivity index (χ0v) is 18.0. The van der Waals surface area contributed by atoms with Gasteiger partial charge in [0.15, 0.2) is 0 Å². The summed E-state index contributed by atoms with van der Waals surface area (Å²) in [6.07, 6.45) is 1.68. The molecular formula is C22H30N2O5. The fraction of sp³-hybridized carbons (Fsp3) is 0.455. The molecule has 2 aromatic rings. The molecule has 0 atom stereocenters. The number of methoxy groups -OCH3 is 1. The predicted molar refractivity (Wildman–Crippen MR) is 112 cm³/mol. The number of aromatic amines is 1. The minimum absolute atomic E-state index is 0.243. The minimum atomic E-state index is -0.449. The van der Waals surface area contributed by atoms with Gasteiger partial charge in [0.1, 0.15) is 17.2 Å². The number of nitrogens with one attached hydrogen (secondary N) is 2. The van der Waals surface area contributed by atoms with Crippen molar-refractivity contribution in [1.82, 2.24) is 4.98 Å². The van der Waals surface area contributed by atoms with Crippen LogP contribution in [0.4, 0.5) is 5.69 Å². The number of aromatic nitrogens is 1. The maximum absolute atomic E-state index is 12.9. The average molecular weight is 402 g/mol. The summed E-state index contributed by atoms with van der Waals surface area (Å²) in [7, 11) is 1.56. The van der Waals surface area contributed by atoms with E-state index in [9.17, 15) is 9.59 Å². The van der Waals surface area contributed by atoms with Crippen molar-refractivity contribution in [2.75, 3.05) is 19.0 Å². The average Bonchev–Trinajstić information content (AvgIpc) is 2.96. The zero-order valence-electron chi connectivity index (χ0n) is 18.0. The van der Waals surface area contributed by atoms with E-state index < -0.39 is 5.97 Å². The number of amides is 1. The van der Waals surface area contributed by atoms with E-state index >= 15 is 0 Å². The monoisotopic (exact) mass is 402 g/mol. The highest BCUT2D eigenvalue weighted by molar-refractivity contribution is 6.07. The molecule has 0 aliphatic rings. The lowest BCUT2D eigenvalue weighted by atomic mass is 10.1. The van der Waals surface area contributed by atoms with E-state index in [1.54, 1.807) is 53.0 Å². The Morgan fingerprint density at radius 1 is 1.21 bits per heavy atom. The Labute approximate surface area is 171 Å². The molecule has 1 amide bonds. The van der Waals surface area contributed by atoms with Gasteiger partial charge in [-0.2, -0.15) is 0 Å². The molecule has 0 bridgehead atoms. The molecule has 2 rings (SSSR count). The lowest BCUT2D eigenvalue weighted by Crippen LogP contribution is -2.16. The molecule has 0 aliphatic heterocycles. The van der Waals surface area contributed by atoms with Crippen LogP contribution in [0.15, 0.2) is 18.2 Å². The number of esters is 1. The van der Waals surface area contributed by atoms with Crippen LogP contribution in [0.25, 0.3) is 0 Å². The molecule has 0 fully saturated rings. The quantitative estimate of drug-likeness (QED) is 0.471. The van der Waals surface area contributed by atoms with Crippen molar-refractivity contribution in [1.29, 1.82) is 0 Å². The molecule has 0 aliphatic carbocycles. The molecular weight excluding hydrogens is 372 g/mol. The molecule has 7 heteroatoms. The third-order valence-electron chi connectivity index (χ3n) is 4.40. The number of unbranched alkanes of at least 4 members (excludes halogenated alkanes) is 1. The van der Waals surface area contributed by atoms with Gasteiger partial charge in [-0.1, -0.05) is 13.3 Å². The molecule has 0 unspecified atom stereocenters. The number of H-pyrrole nitrogens is 1. The SMILES string of the molecule is CCCCOc1ccc(OC)cc1NC(=O)c1[nH]c(C)c(C(=O)OC(C)C)c1C. The van der Waals surface area contributed by atoms with Crippen molar-refractivity contribution in [3.8, 4) is 11.5 Å². The van der Waals surface area contributed by atoms with Gasteiger partial charge in [-0.15, -0.1) is 0 Å². The third-order valence-corrected chi connectivity index (χ3v) is 4.40. The van der Waals surface area contributed by atoms with E-state index in [2.05, 4.69) is 17.2 Å². The second-order valence-electron chi connectivity index (χ2n) is 7.10. The lowest BCUT2D eigenvalue weighted by molar-refractivity contribution is 0.0376. The van der Waals surface area contributed by atoms with Crippen LogP contribution in [0.5, 0.6) is 11.5 Å². The third kappa shape index (κ3) is 5.53. The predicted octanol–water partition coefficient (Wildman–Crippen LogP) is 4.64. The van der Waals surface area contributed by atoms with Gasteiger partial charge in [0, 0.05) is 11.8 Å². The summed E-state index contributed by atoms with van der Waals surface area (Å²) in [6, 6.07) is 5.25. The van der Waals surface area contributed by atoms with Crippen molar-refractivity contribution in [3.05, 3.63) is 40.7 Å². The Morgan fingerprint density at radius 3 is 2.55 bits per heavy atom. The number of carbonyl (C=O) groups is 2.